The molecule has 1 aromatic heterocycles. The molecule has 0 aromatic carbocycles. The highest BCUT2D eigenvalue weighted by atomic mass is 32.2. The average Bonchev–Trinajstić information content (AvgIpc) is 2.86. The number of nitrogens with zero attached hydrogens (tertiary/aromatic N) is 3. The van der Waals surface area contributed by atoms with Crippen LogP contribution in [0.5, 0.6) is 0 Å². The summed E-state index contributed by atoms with van der Waals surface area (Å²) in [5, 5.41) is 3.90. The monoisotopic (exact) mass is 340 g/mol. The molecule has 0 bridgehead atoms. The minimum atomic E-state index is -4.27. The molecule has 0 saturated carbocycles. The number of hydrogen-bond donors (Lipinski definition) is 1. The van der Waals surface area contributed by atoms with E-state index in [0.717, 1.165) is 0 Å². The van der Waals surface area contributed by atoms with Gasteiger partial charge in [0.25, 0.3) is 0 Å². The molecule has 1 aromatic rings. The highest BCUT2D eigenvalue weighted by molar-refractivity contribution is 7.89. The Morgan fingerprint density at radius 3 is 2.77 bits per heavy atom. The number of likely N-dealkylation sites (tertiary alicyclic amines) is 1. The van der Waals surface area contributed by atoms with E-state index in [9.17, 15) is 21.6 Å². The van der Waals surface area contributed by atoms with E-state index in [0.29, 0.717) is 25.9 Å². The lowest BCUT2D eigenvalue weighted by molar-refractivity contribution is -0.148. The first-order valence-corrected chi connectivity index (χ1v) is 8.52. The zero-order chi connectivity index (χ0) is 16.4. The highest BCUT2D eigenvalue weighted by Gasteiger charge is 2.34. The van der Waals surface area contributed by atoms with Crippen LogP contribution in [0.25, 0.3) is 0 Å². The predicted octanol–water partition coefficient (Wildman–Crippen LogP) is 1.21. The van der Waals surface area contributed by atoms with Gasteiger partial charge in [-0.3, -0.25) is 9.58 Å². The zero-order valence-electron chi connectivity index (χ0n) is 12.2. The van der Waals surface area contributed by atoms with Gasteiger partial charge in [-0.25, -0.2) is 13.1 Å². The largest absolute Gasteiger partial charge is 0.401 e. The van der Waals surface area contributed by atoms with Crippen molar-refractivity contribution in [2.75, 3.05) is 19.6 Å². The van der Waals surface area contributed by atoms with E-state index < -0.39 is 28.8 Å². The van der Waals surface area contributed by atoms with Crippen LogP contribution in [0.3, 0.4) is 0 Å². The number of halogens is 3. The molecule has 126 valence electrons. The molecule has 1 atom stereocenters. The zero-order valence-corrected chi connectivity index (χ0v) is 13.0. The number of alkyl halides is 3. The minimum absolute atomic E-state index is 0.0299. The van der Waals surface area contributed by atoms with Gasteiger partial charge < -0.3 is 0 Å². The lowest BCUT2D eigenvalue weighted by Crippen LogP contribution is -2.49. The van der Waals surface area contributed by atoms with Gasteiger partial charge in [-0.2, -0.15) is 18.3 Å². The van der Waals surface area contributed by atoms with Crippen LogP contribution in [0.4, 0.5) is 13.2 Å². The number of aryl methyl sites for hydroxylation is 1. The maximum atomic E-state index is 12.4. The van der Waals surface area contributed by atoms with Crippen molar-refractivity contribution in [3.63, 3.8) is 0 Å². The number of nitrogens with one attached hydrogen (secondary N) is 1. The molecule has 0 spiro atoms. The number of sulfonamides is 1. The molecule has 2 rings (SSSR count). The van der Waals surface area contributed by atoms with Gasteiger partial charge in [0.05, 0.1) is 12.7 Å². The Balaban J connectivity index is 2.00. The Kier molecular flexibility index (Phi) is 5.13. The van der Waals surface area contributed by atoms with Gasteiger partial charge in [0, 0.05) is 25.3 Å². The molecule has 1 N–H and O–H groups in total. The van der Waals surface area contributed by atoms with E-state index in [2.05, 4.69) is 9.82 Å². The van der Waals surface area contributed by atoms with Crippen molar-refractivity contribution in [3.8, 4) is 0 Å². The molecular formula is C12H19F3N4O2S. The van der Waals surface area contributed by atoms with Crippen LogP contribution in [-0.4, -0.2) is 55.0 Å². The van der Waals surface area contributed by atoms with Gasteiger partial charge >= 0.3 is 6.18 Å². The molecule has 1 aliphatic rings. The fourth-order valence-electron chi connectivity index (χ4n) is 2.49. The van der Waals surface area contributed by atoms with E-state index in [1.165, 1.54) is 22.0 Å². The predicted molar refractivity (Wildman–Crippen MR) is 73.7 cm³/mol. The second kappa shape index (κ2) is 6.55. The average molecular weight is 340 g/mol. The van der Waals surface area contributed by atoms with Crippen molar-refractivity contribution in [1.29, 1.82) is 0 Å². The first-order chi connectivity index (χ1) is 10.2. The lowest BCUT2D eigenvalue weighted by atomic mass is 10.1. The van der Waals surface area contributed by atoms with Crippen molar-refractivity contribution in [3.05, 3.63) is 12.4 Å². The maximum Gasteiger partial charge on any atom is 0.401 e. The molecule has 6 nitrogen and oxygen atoms in total. The summed E-state index contributed by atoms with van der Waals surface area (Å²) < 4.78 is 65.6. The van der Waals surface area contributed by atoms with Gasteiger partial charge in [0.15, 0.2) is 0 Å². The number of rotatable bonds is 5. The fraction of sp³-hybridized carbons (Fsp3) is 0.750. The summed E-state index contributed by atoms with van der Waals surface area (Å²) in [6, 6.07) is -0.522. The Morgan fingerprint density at radius 2 is 2.18 bits per heavy atom. The van der Waals surface area contributed by atoms with E-state index in [1.807, 2.05) is 6.92 Å². The normalized spacial score (nSPS) is 21.2. The third kappa shape index (κ3) is 4.68. The highest BCUT2D eigenvalue weighted by Crippen LogP contribution is 2.20. The van der Waals surface area contributed by atoms with E-state index in [-0.39, 0.29) is 11.4 Å². The Morgan fingerprint density at radius 1 is 1.45 bits per heavy atom. The van der Waals surface area contributed by atoms with Crippen LogP contribution in [0, 0.1) is 0 Å². The van der Waals surface area contributed by atoms with Crippen molar-refractivity contribution >= 4 is 10.0 Å². The van der Waals surface area contributed by atoms with Crippen LogP contribution in [0.15, 0.2) is 17.3 Å². The van der Waals surface area contributed by atoms with Gasteiger partial charge in [0.2, 0.25) is 10.0 Å². The third-order valence-electron chi connectivity index (χ3n) is 3.47. The van der Waals surface area contributed by atoms with Crippen molar-refractivity contribution in [2.24, 2.45) is 0 Å². The Hall–Kier alpha value is -1.13. The van der Waals surface area contributed by atoms with Crippen molar-refractivity contribution < 1.29 is 21.6 Å². The number of aromatic nitrogens is 2. The summed E-state index contributed by atoms with van der Waals surface area (Å²) in [4.78, 5) is 1.26. The minimum Gasteiger partial charge on any atom is -0.293 e. The van der Waals surface area contributed by atoms with Crippen LogP contribution in [0.2, 0.25) is 0 Å². The van der Waals surface area contributed by atoms with Crippen LogP contribution in [-0.2, 0) is 16.6 Å². The second-order valence-corrected chi connectivity index (χ2v) is 7.06. The summed E-state index contributed by atoms with van der Waals surface area (Å²) >= 11 is 0. The SMILES string of the molecule is CCn1cc(S(=O)(=O)N[C@@H]2CCCN(CC(F)(F)F)C2)cn1. The second-order valence-electron chi connectivity index (χ2n) is 5.34. The quantitative estimate of drug-likeness (QED) is 0.875. The van der Waals surface area contributed by atoms with Crippen LogP contribution in [0.1, 0.15) is 19.8 Å². The molecule has 0 aliphatic carbocycles. The first kappa shape index (κ1) is 17.2. The van der Waals surface area contributed by atoms with Gasteiger partial charge in [-0.05, 0) is 26.3 Å². The summed E-state index contributed by atoms with van der Waals surface area (Å²) in [6.07, 6.45) is -0.587. The number of piperidine rings is 1. The third-order valence-corrected chi connectivity index (χ3v) is 4.95. The molecule has 1 saturated heterocycles. The fourth-order valence-corrected chi connectivity index (χ4v) is 3.71. The van der Waals surface area contributed by atoms with Crippen LogP contribution < -0.4 is 4.72 Å². The molecule has 0 radical (unpaired) electrons. The van der Waals surface area contributed by atoms with Crippen molar-refractivity contribution in [2.45, 2.75) is 43.4 Å². The van der Waals surface area contributed by atoms with Gasteiger partial charge in [0.1, 0.15) is 4.90 Å². The first-order valence-electron chi connectivity index (χ1n) is 7.03. The van der Waals surface area contributed by atoms with E-state index in [1.54, 1.807) is 0 Å². The number of hydrogen-bond acceptors (Lipinski definition) is 4. The van der Waals surface area contributed by atoms with Crippen LogP contribution >= 0.6 is 0 Å². The summed E-state index contributed by atoms with van der Waals surface area (Å²) in [5.74, 6) is 0. The Labute approximate surface area is 127 Å². The molecule has 0 unspecified atom stereocenters. The summed E-state index contributed by atoms with van der Waals surface area (Å²) in [7, 11) is -3.76. The standard InChI is InChI=1S/C12H19F3N4O2S/c1-2-19-8-11(6-16-19)22(20,21)17-10-4-3-5-18(7-10)9-12(13,14)15/h6,8,10,17H,2-5,7,9H2,1H3/t10-/m1/s1. The Bertz CT molecular complexity index is 600. The summed E-state index contributed by atoms with van der Waals surface area (Å²) in [6.45, 7) is 1.73. The molecule has 2 heterocycles. The van der Waals surface area contributed by atoms with Gasteiger partial charge in [-0.15, -0.1) is 0 Å². The van der Waals surface area contributed by atoms with E-state index in [4.69, 9.17) is 0 Å². The molecular weight excluding hydrogens is 321 g/mol. The molecule has 10 heteroatoms. The molecule has 1 fully saturated rings. The molecule has 22 heavy (non-hydrogen) atoms. The molecule has 1 aliphatic heterocycles. The summed E-state index contributed by atoms with van der Waals surface area (Å²) in [5.41, 5.74) is 0. The van der Waals surface area contributed by atoms with Gasteiger partial charge in [-0.1, -0.05) is 0 Å². The lowest BCUT2D eigenvalue weighted by Gasteiger charge is -2.33. The smallest absolute Gasteiger partial charge is 0.293 e. The maximum absolute atomic E-state index is 12.4. The van der Waals surface area contributed by atoms with Crippen molar-refractivity contribution in [1.82, 2.24) is 19.4 Å². The molecule has 0 amide bonds. The topological polar surface area (TPSA) is 67.2 Å². The van der Waals surface area contributed by atoms with E-state index >= 15 is 0 Å².